The highest BCUT2D eigenvalue weighted by Gasteiger charge is 2.36. The molecular weight excluding hydrogens is 434 g/mol. The molecule has 3 heterocycles. The molecule has 0 unspecified atom stereocenters. The molecule has 0 amide bonds. The summed E-state index contributed by atoms with van der Waals surface area (Å²) in [4.78, 5) is 7.89. The van der Waals surface area contributed by atoms with Gasteiger partial charge in [-0.25, -0.2) is 0 Å². The van der Waals surface area contributed by atoms with Crippen LogP contribution in [0, 0.1) is 0 Å². The Balaban J connectivity index is 1.54. The third-order valence-corrected chi connectivity index (χ3v) is 8.20. The van der Waals surface area contributed by atoms with E-state index in [0.29, 0.717) is 0 Å². The minimum Gasteiger partial charge on any atom is -0.485 e. The molecule has 0 radical (unpaired) electrons. The van der Waals surface area contributed by atoms with Gasteiger partial charge in [-0.1, -0.05) is 24.3 Å². The summed E-state index contributed by atoms with van der Waals surface area (Å²) in [5.41, 5.74) is 0. The first-order chi connectivity index (χ1) is 16.4. The molecule has 2 aromatic carbocycles. The van der Waals surface area contributed by atoms with Crippen molar-refractivity contribution in [3.05, 3.63) is 73.1 Å². The highest BCUT2D eigenvalue weighted by atomic mass is 32.2. The molecule has 0 aliphatic carbocycles. The lowest BCUT2D eigenvalue weighted by Crippen LogP contribution is -2.27. The number of hydrogen-bond acceptors (Lipinski definition) is 5. The van der Waals surface area contributed by atoms with E-state index in [2.05, 4.69) is 47.4 Å². The summed E-state index contributed by atoms with van der Waals surface area (Å²) < 4.78 is 24.2. The third-order valence-electron chi connectivity index (χ3n) is 5.93. The topological polar surface area (TPSA) is 49.8 Å². The summed E-state index contributed by atoms with van der Waals surface area (Å²) in [5.74, 6) is 1.86. The Labute approximate surface area is 198 Å². The molecule has 2 aliphatic heterocycles. The maximum atomic E-state index is 6.55. The van der Waals surface area contributed by atoms with Crippen LogP contribution < -0.4 is 9.47 Å². The van der Waals surface area contributed by atoms with Crippen molar-refractivity contribution >= 4 is 10.9 Å². The van der Waals surface area contributed by atoms with Crippen molar-refractivity contribution in [1.82, 2.24) is 4.98 Å². The van der Waals surface area contributed by atoms with Crippen LogP contribution in [0.2, 0.25) is 0 Å². The molecule has 0 bridgehead atoms. The first-order valence-corrected chi connectivity index (χ1v) is 12.9. The average molecular weight is 465 g/mol. The molecule has 2 saturated heterocycles. The highest BCUT2D eigenvalue weighted by molar-refractivity contribution is 7.97. The minimum absolute atomic E-state index is 0.174. The number of para-hydroxylation sites is 2. The van der Waals surface area contributed by atoms with Crippen molar-refractivity contribution in [3.8, 4) is 11.5 Å². The average Bonchev–Trinajstić information content (AvgIpc) is 2.88. The molecule has 33 heavy (non-hydrogen) atoms. The van der Waals surface area contributed by atoms with Crippen LogP contribution in [-0.2, 0) is 20.4 Å². The predicted octanol–water partition coefficient (Wildman–Crippen LogP) is 5.29. The minimum atomic E-state index is -0.421. The summed E-state index contributed by atoms with van der Waals surface area (Å²) >= 11 is 0. The first-order valence-electron chi connectivity index (χ1n) is 11.7. The fourth-order valence-corrected chi connectivity index (χ4v) is 6.41. The van der Waals surface area contributed by atoms with Crippen LogP contribution in [0.3, 0.4) is 0 Å². The van der Waals surface area contributed by atoms with Gasteiger partial charge in [0.1, 0.15) is 23.1 Å². The van der Waals surface area contributed by atoms with Gasteiger partial charge < -0.3 is 18.9 Å². The maximum absolute atomic E-state index is 6.55. The second-order valence-electron chi connectivity index (χ2n) is 8.25. The number of ether oxygens (including phenoxy) is 4. The lowest BCUT2D eigenvalue weighted by atomic mass is 10.1. The summed E-state index contributed by atoms with van der Waals surface area (Å²) in [6, 6.07) is 20.9. The molecule has 5 nitrogen and oxygen atoms in total. The standard InChI is InChI=1S/C27H30NO4S/c1-3-9-26(24(7-1)31-21-11-16-29-17-12-21)33(23-6-5-15-28-20-23)27-10-4-2-8-25(27)32-22-13-18-30-19-14-22/h1-10,15,20-22H,11-14,16-19H2/q+1. The molecule has 0 N–H and O–H groups in total. The summed E-state index contributed by atoms with van der Waals surface area (Å²) in [7, 11) is -0.421. The molecule has 0 spiro atoms. The van der Waals surface area contributed by atoms with Crippen molar-refractivity contribution in [2.24, 2.45) is 0 Å². The van der Waals surface area contributed by atoms with Crippen molar-refractivity contribution in [1.29, 1.82) is 0 Å². The molecule has 5 rings (SSSR count). The highest BCUT2D eigenvalue weighted by Crippen LogP contribution is 2.41. The number of nitrogens with zero attached hydrogens (tertiary/aromatic N) is 1. The molecule has 0 saturated carbocycles. The SMILES string of the molecule is c1cncc([S+](c2ccccc2OC2CCOCC2)c2ccccc2OC2CCOCC2)c1. The quantitative estimate of drug-likeness (QED) is 0.445. The number of aromatic nitrogens is 1. The zero-order chi connectivity index (χ0) is 22.3. The largest absolute Gasteiger partial charge is 0.485 e. The van der Waals surface area contributed by atoms with E-state index in [9.17, 15) is 0 Å². The molecule has 1 aromatic heterocycles. The Kier molecular flexibility index (Phi) is 7.46. The van der Waals surface area contributed by atoms with Crippen LogP contribution >= 0.6 is 0 Å². The Morgan fingerprint density at radius 2 is 1.18 bits per heavy atom. The zero-order valence-corrected chi connectivity index (χ0v) is 19.5. The van der Waals surface area contributed by atoms with Gasteiger partial charge >= 0.3 is 0 Å². The van der Waals surface area contributed by atoms with E-state index in [1.165, 1.54) is 0 Å². The Morgan fingerprint density at radius 3 is 1.67 bits per heavy atom. The van der Waals surface area contributed by atoms with Gasteiger partial charge in [-0.15, -0.1) is 0 Å². The molecule has 3 aromatic rings. The fourth-order valence-electron chi connectivity index (χ4n) is 4.22. The number of benzene rings is 2. The lowest BCUT2D eigenvalue weighted by molar-refractivity contribution is 0.0244. The van der Waals surface area contributed by atoms with Gasteiger partial charge in [0.2, 0.25) is 9.79 Å². The molecular formula is C27H30NO4S+. The number of pyridine rings is 1. The second kappa shape index (κ2) is 11.1. The van der Waals surface area contributed by atoms with Crippen LogP contribution in [0.4, 0.5) is 0 Å². The van der Waals surface area contributed by atoms with Gasteiger partial charge in [-0.05, 0) is 36.4 Å². The van der Waals surface area contributed by atoms with Gasteiger partial charge in [0.25, 0.3) is 0 Å². The number of rotatable bonds is 7. The van der Waals surface area contributed by atoms with E-state index in [0.717, 1.165) is 78.3 Å². The molecule has 6 heteroatoms. The van der Waals surface area contributed by atoms with E-state index < -0.39 is 10.9 Å². The summed E-state index contributed by atoms with van der Waals surface area (Å²) in [6.07, 6.45) is 7.79. The molecule has 2 aliphatic rings. The van der Waals surface area contributed by atoms with E-state index in [1.807, 2.05) is 30.6 Å². The Morgan fingerprint density at radius 1 is 0.667 bits per heavy atom. The molecule has 2 fully saturated rings. The van der Waals surface area contributed by atoms with E-state index in [4.69, 9.17) is 18.9 Å². The van der Waals surface area contributed by atoms with E-state index in [-0.39, 0.29) is 12.2 Å². The zero-order valence-electron chi connectivity index (χ0n) is 18.7. The van der Waals surface area contributed by atoms with Gasteiger partial charge in [-0.3, -0.25) is 4.98 Å². The second-order valence-corrected chi connectivity index (χ2v) is 10.2. The Bertz CT molecular complexity index is 956. The molecule has 0 atom stereocenters. The van der Waals surface area contributed by atoms with Gasteiger partial charge in [0.15, 0.2) is 16.4 Å². The van der Waals surface area contributed by atoms with Crippen LogP contribution in [-0.4, -0.2) is 43.6 Å². The monoisotopic (exact) mass is 464 g/mol. The van der Waals surface area contributed by atoms with Gasteiger partial charge in [0, 0.05) is 31.9 Å². The van der Waals surface area contributed by atoms with Crippen LogP contribution in [0.25, 0.3) is 0 Å². The number of hydrogen-bond donors (Lipinski definition) is 0. The normalized spacial score (nSPS) is 17.7. The Hall–Kier alpha value is -2.54. The third kappa shape index (κ3) is 5.52. The first kappa shape index (κ1) is 22.3. The van der Waals surface area contributed by atoms with E-state index in [1.54, 1.807) is 0 Å². The predicted molar refractivity (Wildman–Crippen MR) is 128 cm³/mol. The lowest BCUT2D eigenvalue weighted by Gasteiger charge is -2.25. The fraction of sp³-hybridized carbons (Fsp3) is 0.370. The van der Waals surface area contributed by atoms with Gasteiger partial charge in [-0.2, -0.15) is 0 Å². The summed E-state index contributed by atoms with van der Waals surface area (Å²) in [6.45, 7) is 3.01. The van der Waals surface area contributed by atoms with Crippen LogP contribution in [0.1, 0.15) is 25.7 Å². The van der Waals surface area contributed by atoms with Crippen LogP contribution in [0.5, 0.6) is 11.5 Å². The van der Waals surface area contributed by atoms with Crippen molar-refractivity contribution < 1.29 is 18.9 Å². The maximum Gasteiger partial charge on any atom is 0.208 e. The molecule has 172 valence electrons. The van der Waals surface area contributed by atoms with Crippen molar-refractivity contribution in [2.75, 3.05) is 26.4 Å². The van der Waals surface area contributed by atoms with Crippen LogP contribution in [0.15, 0.2) is 87.7 Å². The van der Waals surface area contributed by atoms with E-state index >= 15 is 0 Å². The smallest absolute Gasteiger partial charge is 0.208 e. The van der Waals surface area contributed by atoms with Crippen molar-refractivity contribution in [3.63, 3.8) is 0 Å². The van der Waals surface area contributed by atoms with Gasteiger partial charge in [0.05, 0.1) is 32.6 Å². The van der Waals surface area contributed by atoms with Crippen molar-refractivity contribution in [2.45, 2.75) is 52.6 Å². The summed E-state index contributed by atoms with van der Waals surface area (Å²) in [5, 5.41) is 0.